The fourth-order valence-electron chi connectivity index (χ4n) is 3.59. The van der Waals surface area contributed by atoms with Crippen LogP contribution in [-0.4, -0.2) is 48.1 Å². The molecule has 1 N–H and O–H groups in total. The van der Waals surface area contributed by atoms with Crippen LogP contribution < -0.4 is 5.32 Å². The molecule has 1 unspecified atom stereocenters. The smallest absolute Gasteiger partial charge is 0.244 e. The van der Waals surface area contributed by atoms with Crippen LogP contribution in [0.4, 0.5) is 0 Å². The van der Waals surface area contributed by atoms with E-state index in [1.807, 2.05) is 42.5 Å². The summed E-state index contributed by atoms with van der Waals surface area (Å²) in [5, 5.41) is 4.02. The zero-order valence-corrected chi connectivity index (χ0v) is 16.3. The molecular formula is C24H25N3O2. The number of carbonyl (C=O) groups is 1. The van der Waals surface area contributed by atoms with Gasteiger partial charge in [-0.1, -0.05) is 54.6 Å². The number of hydrogen-bond donors (Lipinski definition) is 1. The van der Waals surface area contributed by atoms with Gasteiger partial charge in [-0.25, -0.2) is 0 Å². The van der Waals surface area contributed by atoms with Gasteiger partial charge in [0.05, 0.1) is 18.2 Å². The van der Waals surface area contributed by atoms with E-state index in [1.54, 1.807) is 12.3 Å². The number of para-hydroxylation sites is 1. The van der Waals surface area contributed by atoms with E-state index in [9.17, 15) is 4.79 Å². The van der Waals surface area contributed by atoms with Gasteiger partial charge in [0.15, 0.2) is 0 Å². The normalized spacial score (nSPS) is 17.6. The molecule has 1 aromatic heterocycles. The van der Waals surface area contributed by atoms with Gasteiger partial charge in [-0.2, -0.15) is 0 Å². The molecule has 5 heteroatoms. The molecule has 2 aromatic carbocycles. The van der Waals surface area contributed by atoms with E-state index < -0.39 is 0 Å². The molecule has 29 heavy (non-hydrogen) atoms. The molecule has 1 fully saturated rings. The van der Waals surface area contributed by atoms with Crippen LogP contribution in [0.15, 0.2) is 72.9 Å². The van der Waals surface area contributed by atoms with Gasteiger partial charge in [0.1, 0.15) is 0 Å². The number of amides is 1. The van der Waals surface area contributed by atoms with Crippen LogP contribution in [0.25, 0.3) is 17.0 Å². The summed E-state index contributed by atoms with van der Waals surface area (Å²) >= 11 is 0. The lowest BCUT2D eigenvalue weighted by Gasteiger charge is -2.33. The number of morpholine rings is 1. The standard InChI is InChI=1S/C24H25N3O2/c28-23(12-11-21-9-4-8-20-10-5-13-25-24(20)21)26-16-22-18-27(14-15-29-22)17-19-6-2-1-3-7-19/h1-13,22H,14-18H2,(H,26,28)/b12-11+. The topological polar surface area (TPSA) is 54.5 Å². The molecule has 5 nitrogen and oxygen atoms in total. The maximum Gasteiger partial charge on any atom is 0.244 e. The first-order valence-electron chi connectivity index (χ1n) is 9.95. The number of aromatic nitrogens is 1. The Morgan fingerprint density at radius 3 is 2.90 bits per heavy atom. The number of hydrogen-bond acceptors (Lipinski definition) is 4. The summed E-state index contributed by atoms with van der Waals surface area (Å²) in [6.07, 6.45) is 5.15. The summed E-state index contributed by atoms with van der Waals surface area (Å²) in [6, 6.07) is 20.3. The third-order valence-electron chi connectivity index (χ3n) is 5.05. The summed E-state index contributed by atoms with van der Waals surface area (Å²) in [5.41, 5.74) is 3.12. The molecule has 148 valence electrons. The fourth-order valence-corrected chi connectivity index (χ4v) is 3.59. The van der Waals surface area contributed by atoms with Crippen molar-refractivity contribution in [2.24, 2.45) is 0 Å². The van der Waals surface area contributed by atoms with Crippen molar-refractivity contribution in [2.75, 3.05) is 26.2 Å². The minimum absolute atomic E-state index is 0.00374. The number of nitrogens with one attached hydrogen (secondary N) is 1. The highest BCUT2D eigenvalue weighted by atomic mass is 16.5. The van der Waals surface area contributed by atoms with Crippen molar-refractivity contribution in [1.29, 1.82) is 0 Å². The molecule has 1 aliphatic rings. The van der Waals surface area contributed by atoms with Crippen molar-refractivity contribution in [3.05, 3.63) is 84.1 Å². The Morgan fingerprint density at radius 1 is 1.14 bits per heavy atom. The van der Waals surface area contributed by atoms with Crippen LogP contribution in [0.2, 0.25) is 0 Å². The Morgan fingerprint density at radius 2 is 2.00 bits per heavy atom. The van der Waals surface area contributed by atoms with Gasteiger partial charge < -0.3 is 10.1 Å². The van der Waals surface area contributed by atoms with E-state index in [0.29, 0.717) is 13.2 Å². The first kappa shape index (κ1) is 19.3. The molecule has 1 amide bonds. The second-order valence-corrected chi connectivity index (χ2v) is 7.21. The van der Waals surface area contributed by atoms with Crippen molar-refractivity contribution >= 4 is 22.9 Å². The Bertz CT molecular complexity index is 982. The molecule has 4 rings (SSSR count). The van der Waals surface area contributed by atoms with Crippen molar-refractivity contribution in [3.63, 3.8) is 0 Å². The molecule has 1 atom stereocenters. The third kappa shape index (κ3) is 5.28. The average molecular weight is 387 g/mol. The number of pyridine rings is 1. The van der Waals surface area contributed by atoms with Gasteiger partial charge in [-0.15, -0.1) is 0 Å². The van der Waals surface area contributed by atoms with Gasteiger partial charge in [0, 0.05) is 49.4 Å². The largest absolute Gasteiger partial charge is 0.374 e. The summed E-state index contributed by atoms with van der Waals surface area (Å²) in [6.45, 7) is 3.81. The number of rotatable bonds is 6. The fraction of sp³-hybridized carbons (Fsp3) is 0.250. The molecule has 1 aliphatic heterocycles. The van der Waals surface area contributed by atoms with Crippen molar-refractivity contribution in [3.8, 4) is 0 Å². The van der Waals surface area contributed by atoms with E-state index >= 15 is 0 Å². The minimum Gasteiger partial charge on any atom is -0.374 e. The average Bonchev–Trinajstić information content (AvgIpc) is 2.77. The third-order valence-corrected chi connectivity index (χ3v) is 5.05. The van der Waals surface area contributed by atoms with Crippen LogP contribution >= 0.6 is 0 Å². The zero-order valence-electron chi connectivity index (χ0n) is 16.3. The molecule has 1 saturated heterocycles. The monoisotopic (exact) mass is 387 g/mol. The second-order valence-electron chi connectivity index (χ2n) is 7.21. The van der Waals surface area contributed by atoms with E-state index in [4.69, 9.17) is 4.74 Å². The Balaban J connectivity index is 1.29. The molecule has 3 aromatic rings. The molecular weight excluding hydrogens is 362 g/mol. The molecule has 0 aliphatic carbocycles. The maximum absolute atomic E-state index is 12.3. The quantitative estimate of drug-likeness (QED) is 0.660. The van der Waals surface area contributed by atoms with E-state index in [2.05, 4.69) is 39.5 Å². The highest BCUT2D eigenvalue weighted by Gasteiger charge is 2.20. The maximum atomic E-state index is 12.3. The van der Waals surface area contributed by atoms with Gasteiger partial charge in [-0.3, -0.25) is 14.7 Å². The molecule has 0 saturated carbocycles. The first-order valence-corrected chi connectivity index (χ1v) is 9.95. The van der Waals surface area contributed by atoms with E-state index in [0.717, 1.165) is 36.1 Å². The highest BCUT2D eigenvalue weighted by Crippen LogP contribution is 2.17. The summed E-state index contributed by atoms with van der Waals surface area (Å²) in [7, 11) is 0. The number of carbonyl (C=O) groups excluding carboxylic acids is 1. The van der Waals surface area contributed by atoms with Gasteiger partial charge in [0.2, 0.25) is 5.91 Å². The summed E-state index contributed by atoms with van der Waals surface area (Å²) < 4.78 is 5.83. The van der Waals surface area contributed by atoms with Crippen LogP contribution in [-0.2, 0) is 16.1 Å². The molecule has 0 radical (unpaired) electrons. The van der Waals surface area contributed by atoms with Crippen molar-refractivity contribution in [2.45, 2.75) is 12.6 Å². The minimum atomic E-state index is -0.123. The van der Waals surface area contributed by atoms with Gasteiger partial charge in [-0.05, 0) is 17.7 Å². The van der Waals surface area contributed by atoms with Gasteiger partial charge >= 0.3 is 0 Å². The van der Waals surface area contributed by atoms with Crippen LogP contribution in [0, 0.1) is 0 Å². The van der Waals surface area contributed by atoms with Gasteiger partial charge in [0.25, 0.3) is 0 Å². The summed E-state index contributed by atoms with van der Waals surface area (Å²) in [4.78, 5) is 19.1. The SMILES string of the molecule is O=C(/C=C/c1cccc2cccnc12)NCC1CN(Cc2ccccc2)CCO1. The van der Waals surface area contributed by atoms with Crippen molar-refractivity contribution < 1.29 is 9.53 Å². The Labute approximate surface area is 171 Å². The predicted molar refractivity (Wildman–Crippen MR) is 115 cm³/mol. The van der Waals surface area contributed by atoms with Crippen LogP contribution in [0.5, 0.6) is 0 Å². The lowest BCUT2D eigenvalue weighted by Crippen LogP contribution is -2.46. The Hall–Kier alpha value is -3.02. The highest BCUT2D eigenvalue weighted by molar-refractivity contribution is 5.95. The number of fused-ring (bicyclic) bond motifs is 1. The van der Waals surface area contributed by atoms with E-state index in [1.165, 1.54) is 5.56 Å². The Kier molecular flexibility index (Phi) is 6.29. The number of ether oxygens (including phenoxy) is 1. The molecule has 2 heterocycles. The lowest BCUT2D eigenvalue weighted by atomic mass is 10.1. The summed E-state index contributed by atoms with van der Waals surface area (Å²) in [5.74, 6) is -0.123. The lowest BCUT2D eigenvalue weighted by molar-refractivity contribution is -0.117. The van der Waals surface area contributed by atoms with Crippen LogP contribution in [0.1, 0.15) is 11.1 Å². The van der Waals surface area contributed by atoms with Crippen LogP contribution in [0.3, 0.4) is 0 Å². The first-order chi connectivity index (χ1) is 14.3. The predicted octanol–water partition coefficient (Wildman–Crippen LogP) is 3.27. The zero-order chi connectivity index (χ0) is 19.9. The van der Waals surface area contributed by atoms with Crippen molar-refractivity contribution in [1.82, 2.24) is 15.2 Å². The number of benzene rings is 2. The second kappa shape index (κ2) is 9.45. The number of nitrogens with zero attached hydrogens (tertiary/aromatic N) is 2. The van der Waals surface area contributed by atoms with E-state index in [-0.39, 0.29) is 12.0 Å². The molecule has 0 bridgehead atoms. The molecule has 0 spiro atoms.